The highest BCUT2D eigenvalue weighted by molar-refractivity contribution is 14.1. The Balaban J connectivity index is 3.31. The predicted molar refractivity (Wildman–Crippen MR) is 47.9 cm³/mol. The summed E-state index contributed by atoms with van der Waals surface area (Å²) in [5, 5.41) is 17.9. The fourth-order valence-corrected chi connectivity index (χ4v) is 1.24. The number of carbonyl (C=O) groups excluding carboxylic acids is 1. The number of phenols is 2. The maximum Gasteiger partial charge on any atom is 0.158 e. The summed E-state index contributed by atoms with van der Waals surface area (Å²) >= 11 is 1.90. The minimum atomic E-state index is -0.271. The molecule has 58 valence electrons. The van der Waals surface area contributed by atoms with Gasteiger partial charge in [-0.2, -0.15) is 0 Å². The van der Waals surface area contributed by atoms with Crippen molar-refractivity contribution < 1.29 is 15.0 Å². The van der Waals surface area contributed by atoms with Gasteiger partial charge in [0.05, 0.1) is 0 Å². The third kappa shape index (κ3) is 1.62. The molecule has 0 heterocycles. The van der Waals surface area contributed by atoms with Crippen molar-refractivity contribution in [2.75, 3.05) is 0 Å². The van der Waals surface area contributed by atoms with E-state index >= 15 is 0 Å². The molecule has 0 spiro atoms. The third-order valence-electron chi connectivity index (χ3n) is 1.22. The highest BCUT2D eigenvalue weighted by Crippen LogP contribution is 2.28. The van der Waals surface area contributed by atoms with Gasteiger partial charge in [-0.3, -0.25) is 4.79 Å². The zero-order valence-corrected chi connectivity index (χ0v) is 7.57. The lowest BCUT2D eigenvalue weighted by Gasteiger charge is -1.99. The van der Waals surface area contributed by atoms with E-state index in [0.717, 1.165) is 0 Å². The van der Waals surface area contributed by atoms with Crippen LogP contribution in [0.15, 0.2) is 12.1 Å². The molecule has 0 aliphatic heterocycles. The van der Waals surface area contributed by atoms with Crippen LogP contribution in [0.1, 0.15) is 10.4 Å². The van der Waals surface area contributed by atoms with Crippen LogP contribution in [0.2, 0.25) is 0 Å². The van der Waals surface area contributed by atoms with Gasteiger partial charge in [0.15, 0.2) is 17.8 Å². The highest BCUT2D eigenvalue weighted by Gasteiger charge is 2.04. The molecule has 0 saturated carbocycles. The normalized spacial score (nSPS) is 9.55. The Morgan fingerprint density at radius 1 is 1.27 bits per heavy atom. The Kier molecular flexibility index (Phi) is 2.33. The van der Waals surface area contributed by atoms with Crippen molar-refractivity contribution in [3.63, 3.8) is 0 Å². The van der Waals surface area contributed by atoms with E-state index in [1.54, 1.807) is 0 Å². The van der Waals surface area contributed by atoms with Crippen molar-refractivity contribution in [2.45, 2.75) is 0 Å². The molecule has 4 heteroatoms. The summed E-state index contributed by atoms with van der Waals surface area (Å²) in [6, 6.07) is 2.56. The fourth-order valence-electron chi connectivity index (χ4n) is 0.658. The van der Waals surface area contributed by atoms with Gasteiger partial charge in [0, 0.05) is 9.13 Å². The number of rotatable bonds is 1. The zero-order chi connectivity index (χ0) is 8.43. The van der Waals surface area contributed by atoms with Crippen molar-refractivity contribution in [1.29, 1.82) is 0 Å². The first kappa shape index (κ1) is 8.32. The van der Waals surface area contributed by atoms with Gasteiger partial charge in [-0.05, 0) is 34.7 Å². The largest absolute Gasteiger partial charge is 0.504 e. The molecule has 0 atom stereocenters. The standard InChI is InChI=1S/C7H5IO3/c8-5-2-7(11)6(10)1-4(5)3-9/h1-3,10-11H. The van der Waals surface area contributed by atoms with Gasteiger partial charge in [0.1, 0.15) is 0 Å². The van der Waals surface area contributed by atoms with Crippen LogP contribution in [-0.4, -0.2) is 16.5 Å². The van der Waals surface area contributed by atoms with Gasteiger partial charge in [0.25, 0.3) is 0 Å². The van der Waals surface area contributed by atoms with Crippen LogP contribution in [0.5, 0.6) is 11.5 Å². The summed E-state index contributed by atoms with van der Waals surface area (Å²) in [5.41, 5.74) is 0.376. The highest BCUT2D eigenvalue weighted by atomic mass is 127. The molecule has 1 rings (SSSR count). The second-order valence-electron chi connectivity index (χ2n) is 1.98. The molecule has 1 aromatic rings. The molecule has 0 aliphatic carbocycles. The smallest absolute Gasteiger partial charge is 0.158 e. The molecular weight excluding hydrogens is 259 g/mol. The number of aldehydes is 1. The van der Waals surface area contributed by atoms with Gasteiger partial charge < -0.3 is 10.2 Å². The Morgan fingerprint density at radius 3 is 2.36 bits per heavy atom. The lowest BCUT2D eigenvalue weighted by molar-refractivity contribution is 0.112. The topological polar surface area (TPSA) is 57.5 Å². The quantitative estimate of drug-likeness (QED) is 0.459. The first-order valence-electron chi connectivity index (χ1n) is 2.82. The summed E-state index contributed by atoms with van der Waals surface area (Å²) in [6.07, 6.45) is 0.626. The third-order valence-corrected chi connectivity index (χ3v) is 2.16. The van der Waals surface area contributed by atoms with Crippen LogP contribution in [0.25, 0.3) is 0 Å². The van der Waals surface area contributed by atoms with Gasteiger partial charge in [-0.1, -0.05) is 0 Å². The summed E-state index contributed by atoms with van der Waals surface area (Å²) in [4.78, 5) is 10.3. The molecular formula is C7H5IO3. The van der Waals surface area contributed by atoms with E-state index in [2.05, 4.69) is 0 Å². The number of hydrogen-bond donors (Lipinski definition) is 2. The van der Waals surface area contributed by atoms with E-state index in [9.17, 15) is 4.79 Å². The second kappa shape index (κ2) is 3.08. The van der Waals surface area contributed by atoms with Crippen LogP contribution in [0.3, 0.4) is 0 Å². The van der Waals surface area contributed by atoms with E-state index in [-0.39, 0.29) is 11.5 Å². The predicted octanol–water partition coefficient (Wildman–Crippen LogP) is 1.51. The first-order chi connectivity index (χ1) is 5.15. The Bertz CT molecular complexity index is 296. The van der Waals surface area contributed by atoms with E-state index in [1.807, 2.05) is 22.6 Å². The molecule has 0 aliphatic rings. The lowest BCUT2D eigenvalue weighted by Crippen LogP contribution is -1.84. The van der Waals surface area contributed by atoms with Crippen molar-refractivity contribution in [2.24, 2.45) is 0 Å². The van der Waals surface area contributed by atoms with Crippen molar-refractivity contribution in [3.8, 4) is 11.5 Å². The Morgan fingerprint density at radius 2 is 1.82 bits per heavy atom. The number of halogens is 1. The van der Waals surface area contributed by atoms with Gasteiger partial charge in [0.2, 0.25) is 0 Å². The molecule has 0 fully saturated rings. The summed E-state index contributed by atoms with van der Waals surface area (Å²) in [7, 11) is 0. The molecule has 0 amide bonds. The molecule has 0 radical (unpaired) electrons. The Labute approximate surface area is 76.8 Å². The Hall–Kier alpha value is -0.780. The number of carbonyl (C=O) groups is 1. The lowest BCUT2D eigenvalue weighted by atomic mass is 10.2. The van der Waals surface area contributed by atoms with Gasteiger partial charge in [-0.25, -0.2) is 0 Å². The SMILES string of the molecule is O=Cc1cc(O)c(O)cc1I. The molecule has 0 unspecified atom stereocenters. The molecule has 0 bridgehead atoms. The van der Waals surface area contributed by atoms with E-state index in [0.29, 0.717) is 15.4 Å². The van der Waals surface area contributed by atoms with Gasteiger partial charge in [-0.15, -0.1) is 0 Å². The number of benzene rings is 1. The maximum atomic E-state index is 10.3. The zero-order valence-electron chi connectivity index (χ0n) is 5.41. The van der Waals surface area contributed by atoms with E-state index < -0.39 is 0 Å². The molecule has 0 aromatic heterocycles. The molecule has 2 N–H and O–H groups in total. The molecule has 11 heavy (non-hydrogen) atoms. The second-order valence-corrected chi connectivity index (χ2v) is 3.14. The maximum absolute atomic E-state index is 10.3. The first-order valence-corrected chi connectivity index (χ1v) is 3.89. The average molecular weight is 264 g/mol. The summed E-state index contributed by atoms with van der Waals surface area (Å²) in [5.74, 6) is -0.479. The number of hydrogen-bond acceptors (Lipinski definition) is 3. The van der Waals surface area contributed by atoms with E-state index in [1.165, 1.54) is 12.1 Å². The number of aromatic hydroxyl groups is 2. The minimum Gasteiger partial charge on any atom is -0.504 e. The summed E-state index contributed by atoms with van der Waals surface area (Å²) in [6.45, 7) is 0. The van der Waals surface area contributed by atoms with Crippen LogP contribution in [-0.2, 0) is 0 Å². The van der Waals surface area contributed by atoms with Crippen molar-refractivity contribution in [3.05, 3.63) is 21.3 Å². The minimum absolute atomic E-state index is 0.208. The molecule has 1 aromatic carbocycles. The average Bonchev–Trinajstić information content (AvgIpc) is 1.97. The number of phenolic OH excluding ortho intramolecular Hbond substituents is 2. The van der Waals surface area contributed by atoms with Crippen molar-refractivity contribution >= 4 is 28.9 Å². The fraction of sp³-hybridized carbons (Fsp3) is 0. The van der Waals surface area contributed by atoms with Crippen LogP contribution < -0.4 is 0 Å². The van der Waals surface area contributed by atoms with Gasteiger partial charge >= 0.3 is 0 Å². The van der Waals surface area contributed by atoms with Crippen LogP contribution >= 0.6 is 22.6 Å². The van der Waals surface area contributed by atoms with Crippen LogP contribution in [0, 0.1) is 3.57 Å². The van der Waals surface area contributed by atoms with E-state index in [4.69, 9.17) is 10.2 Å². The monoisotopic (exact) mass is 264 g/mol. The molecule has 0 saturated heterocycles. The van der Waals surface area contributed by atoms with Crippen molar-refractivity contribution in [1.82, 2.24) is 0 Å². The van der Waals surface area contributed by atoms with Crippen LogP contribution in [0.4, 0.5) is 0 Å². The molecule has 3 nitrogen and oxygen atoms in total. The summed E-state index contributed by atoms with van der Waals surface area (Å²) < 4.78 is 0.618.